The second-order valence-electron chi connectivity index (χ2n) is 5.19. The van der Waals surface area contributed by atoms with Gasteiger partial charge in [-0.2, -0.15) is 0 Å². The number of nitro groups is 1. The molecule has 144 valence electrons. The van der Waals surface area contributed by atoms with E-state index in [1.165, 1.54) is 32.4 Å². The summed E-state index contributed by atoms with van der Waals surface area (Å²) in [7, 11) is -1.67. The third kappa shape index (κ3) is 4.26. The van der Waals surface area contributed by atoms with Crippen LogP contribution in [0.1, 0.15) is 0 Å². The minimum Gasteiger partial charge on any atom is -0.497 e. The first-order valence-corrected chi connectivity index (χ1v) is 8.85. The summed E-state index contributed by atoms with van der Waals surface area (Å²) >= 11 is 0. The highest BCUT2D eigenvalue weighted by Crippen LogP contribution is 2.35. The first-order chi connectivity index (χ1) is 12.7. The number of aliphatic carboxylic acids is 1. The maximum Gasteiger partial charge on any atom is 0.324 e. The summed E-state index contributed by atoms with van der Waals surface area (Å²) in [5.74, 6) is -0.993. The highest BCUT2D eigenvalue weighted by atomic mass is 32.2. The molecule has 2 aromatic rings. The van der Waals surface area contributed by atoms with Gasteiger partial charge in [-0.15, -0.1) is 0 Å². The number of sulfonamides is 1. The smallest absolute Gasteiger partial charge is 0.324 e. The van der Waals surface area contributed by atoms with Crippen molar-refractivity contribution in [2.45, 2.75) is 4.90 Å². The van der Waals surface area contributed by atoms with E-state index < -0.39 is 27.5 Å². The number of carbonyl (C=O) groups is 1. The van der Waals surface area contributed by atoms with Crippen molar-refractivity contribution in [3.63, 3.8) is 0 Å². The largest absolute Gasteiger partial charge is 0.497 e. The highest BCUT2D eigenvalue weighted by molar-refractivity contribution is 7.92. The molecule has 11 heteroatoms. The van der Waals surface area contributed by atoms with E-state index in [0.29, 0.717) is 10.1 Å². The third-order valence-corrected chi connectivity index (χ3v) is 5.34. The lowest BCUT2D eigenvalue weighted by atomic mass is 10.2. The number of benzene rings is 2. The molecule has 0 aliphatic heterocycles. The fraction of sp³-hybridized carbons (Fsp3) is 0.188. The number of anilines is 1. The van der Waals surface area contributed by atoms with E-state index in [9.17, 15) is 28.4 Å². The molecule has 27 heavy (non-hydrogen) atoms. The zero-order chi connectivity index (χ0) is 20.2. The molecule has 0 heterocycles. The molecular formula is C16H16N2O8S. The number of methoxy groups -OCH3 is 2. The summed E-state index contributed by atoms with van der Waals surface area (Å²) < 4.78 is 36.9. The number of rotatable bonds is 8. The number of hydrogen-bond acceptors (Lipinski definition) is 7. The Hall–Kier alpha value is -3.34. The molecule has 0 aromatic heterocycles. The minimum atomic E-state index is -4.35. The summed E-state index contributed by atoms with van der Waals surface area (Å²) in [6.07, 6.45) is 0. The zero-order valence-corrected chi connectivity index (χ0v) is 15.2. The van der Waals surface area contributed by atoms with Crippen LogP contribution in [0.4, 0.5) is 11.4 Å². The SMILES string of the molecule is COc1ccc(OC)c(N(CC(=O)O)S(=O)(=O)c2ccc([N+](=O)[O-])cc2)c1. The van der Waals surface area contributed by atoms with Crippen LogP contribution in [0.2, 0.25) is 0 Å². The van der Waals surface area contributed by atoms with E-state index in [4.69, 9.17) is 9.47 Å². The van der Waals surface area contributed by atoms with Gasteiger partial charge in [0.15, 0.2) is 0 Å². The lowest BCUT2D eigenvalue weighted by molar-refractivity contribution is -0.384. The van der Waals surface area contributed by atoms with Crippen molar-refractivity contribution in [2.75, 3.05) is 25.1 Å². The fourth-order valence-electron chi connectivity index (χ4n) is 2.28. The molecule has 1 N–H and O–H groups in total. The van der Waals surface area contributed by atoms with Gasteiger partial charge in [-0.1, -0.05) is 0 Å². The van der Waals surface area contributed by atoms with Gasteiger partial charge in [0.05, 0.1) is 29.7 Å². The van der Waals surface area contributed by atoms with Crippen LogP contribution in [0.25, 0.3) is 0 Å². The van der Waals surface area contributed by atoms with Crippen molar-refractivity contribution in [1.29, 1.82) is 0 Å². The summed E-state index contributed by atoms with van der Waals surface area (Å²) in [5.41, 5.74) is -0.338. The van der Waals surface area contributed by atoms with Crippen molar-refractivity contribution in [2.24, 2.45) is 0 Å². The Labute approximate surface area is 154 Å². The van der Waals surface area contributed by atoms with Gasteiger partial charge in [0.25, 0.3) is 15.7 Å². The minimum absolute atomic E-state index is 0.0439. The van der Waals surface area contributed by atoms with Crippen molar-refractivity contribution in [1.82, 2.24) is 0 Å². The third-order valence-electron chi connectivity index (χ3n) is 3.57. The normalized spacial score (nSPS) is 10.9. The van der Waals surface area contributed by atoms with Crippen LogP contribution < -0.4 is 13.8 Å². The van der Waals surface area contributed by atoms with Gasteiger partial charge < -0.3 is 14.6 Å². The van der Waals surface area contributed by atoms with Gasteiger partial charge in [-0.05, 0) is 24.3 Å². The van der Waals surface area contributed by atoms with Crippen LogP contribution in [0.5, 0.6) is 11.5 Å². The van der Waals surface area contributed by atoms with Gasteiger partial charge in [0.1, 0.15) is 18.0 Å². The topological polar surface area (TPSA) is 136 Å². The van der Waals surface area contributed by atoms with Crippen LogP contribution in [0, 0.1) is 10.1 Å². The number of hydrogen-bond donors (Lipinski definition) is 1. The van der Waals surface area contributed by atoms with Crippen molar-refractivity contribution >= 4 is 27.4 Å². The standard InChI is InChI=1S/C16H16N2O8S/c1-25-12-5-8-15(26-2)14(9-12)17(10-16(19)20)27(23,24)13-6-3-11(4-7-13)18(21)22/h3-9H,10H2,1-2H3,(H,19,20). The Morgan fingerprint density at radius 2 is 1.78 bits per heavy atom. The molecule has 0 amide bonds. The zero-order valence-electron chi connectivity index (χ0n) is 14.4. The van der Waals surface area contributed by atoms with Crippen LogP contribution in [-0.4, -0.2) is 45.2 Å². The maximum atomic E-state index is 13.0. The molecule has 2 aromatic carbocycles. The molecule has 0 aliphatic carbocycles. The number of nitro benzene ring substituents is 1. The lowest BCUT2D eigenvalue weighted by Gasteiger charge is -2.24. The highest BCUT2D eigenvalue weighted by Gasteiger charge is 2.30. The van der Waals surface area contributed by atoms with E-state index in [-0.39, 0.29) is 22.0 Å². The molecule has 10 nitrogen and oxygen atoms in total. The van der Waals surface area contributed by atoms with Gasteiger partial charge >= 0.3 is 5.97 Å². The first kappa shape index (κ1) is 20.0. The van der Waals surface area contributed by atoms with Crippen LogP contribution in [0.3, 0.4) is 0 Å². The molecule has 0 saturated heterocycles. The molecule has 2 rings (SSSR count). The van der Waals surface area contributed by atoms with Crippen molar-refractivity contribution in [3.05, 3.63) is 52.6 Å². The summed E-state index contributed by atoms with van der Waals surface area (Å²) in [6.45, 7) is -0.886. The Morgan fingerprint density at radius 3 is 2.26 bits per heavy atom. The van der Waals surface area contributed by atoms with Gasteiger partial charge in [-0.25, -0.2) is 8.42 Å². The molecule has 0 unspecified atom stereocenters. The Bertz CT molecular complexity index is 957. The Kier molecular flexibility index (Phi) is 5.85. The predicted molar refractivity (Wildman–Crippen MR) is 94.8 cm³/mol. The summed E-state index contributed by atoms with van der Waals surface area (Å²) in [6, 6.07) is 8.41. The number of non-ortho nitro benzene ring substituents is 1. The average Bonchev–Trinajstić information content (AvgIpc) is 2.65. The van der Waals surface area contributed by atoms with Gasteiger partial charge in [-0.3, -0.25) is 19.2 Å². The van der Waals surface area contributed by atoms with E-state index >= 15 is 0 Å². The number of carboxylic acid groups (broad SMARTS) is 1. The fourth-order valence-corrected chi connectivity index (χ4v) is 3.70. The average molecular weight is 396 g/mol. The second-order valence-corrected chi connectivity index (χ2v) is 7.06. The molecule has 0 fully saturated rings. The number of nitrogens with zero attached hydrogens (tertiary/aromatic N) is 2. The Balaban J connectivity index is 2.62. The number of carboxylic acids is 1. The van der Waals surface area contributed by atoms with Crippen molar-refractivity contribution in [3.8, 4) is 11.5 Å². The Morgan fingerprint density at radius 1 is 1.15 bits per heavy atom. The van der Waals surface area contributed by atoms with Crippen LogP contribution in [0.15, 0.2) is 47.4 Å². The molecular weight excluding hydrogens is 380 g/mol. The molecule has 0 saturated carbocycles. The van der Waals surface area contributed by atoms with E-state index in [0.717, 1.165) is 24.3 Å². The van der Waals surface area contributed by atoms with Gasteiger partial charge in [0.2, 0.25) is 0 Å². The summed E-state index contributed by atoms with van der Waals surface area (Å²) in [4.78, 5) is 21.1. The molecule has 0 atom stereocenters. The maximum absolute atomic E-state index is 13.0. The second kappa shape index (κ2) is 7.91. The van der Waals surface area contributed by atoms with Gasteiger partial charge in [0, 0.05) is 18.2 Å². The number of ether oxygens (including phenoxy) is 2. The lowest BCUT2D eigenvalue weighted by Crippen LogP contribution is -2.36. The van der Waals surface area contributed by atoms with E-state index in [1.807, 2.05) is 0 Å². The molecule has 0 aliphatic rings. The molecule has 0 spiro atoms. The monoisotopic (exact) mass is 396 g/mol. The molecule has 0 radical (unpaired) electrons. The van der Waals surface area contributed by atoms with E-state index in [1.54, 1.807) is 0 Å². The molecule has 0 bridgehead atoms. The summed E-state index contributed by atoms with van der Waals surface area (Å²) in [5, 5.41) is 19.9. The predicted octanol–water partition coefficient (Wildman–Crippen LogP) is 1.89. The van der Waals surface area contributed by atoms with Crippen molar-refractivity contribution < 1.29 is 32.7 Å². The first-order valence-electron chi connectivity index (χ1n) is 7.41. The van der Waals surface area contributed by atoms with E-state index in [2.05, 4.69) is 0 Å². The van der Waals surface area contributed by atoms with Crippen LogP contribution in [-0.2, 0) is 14.8 Å². The quantitative estimate of drug-likeness (QED) is 0.528. The van der Waals surface area contributed by atoms with Crippen LogP contribution >= 0.6 is 0 Å².